The Kier molecular flexibility index (Phi) is 3.10. The molecule has 2 aromatic rings. The lowest BCUT2D eigenvalue weighted by molar-refractivity contribution is 0.667. The number of anilines is 1. The molecular formula is C9H11N3S2. The average molecular weight is 225 g/mol. The molecule has 74 valence electrons. The zero-order chi connectivity index (χ0) is 9.80. The summed E-state index contributed by atoms with van der Waals surface area (Å²) >= 11 is 3.62. The van der Waals surface area contributed by atoms with Crippen LogP contribution in [0.25, 0.3) is 0 Å². The van der Waals surface area contributed by atoms with Gasteiger partial charge in [-0.05, 0) is 11.4 Å². The molecule has 2 aromatic heterocycles. The van der Waals surface area contributed by atoms with E-state index >= 15 is 0 Å². The first-order valence-electron chi connectivity index (χ1n) is 4.29. The van der Waals surface area contributed by atoms with Crippen molar-refractivity contribution in [3.8, 4) is 0 Å². The molecule has 0 bridgehead atoms. The molecule has 0 aromatic carbocycles. The molecule has 14 heavy (non-hydrogen) atoms. The van der Waals surface area contributed by atoms with E-state index in [4.69, 9.17) is 5.73 Å². The van der Waals surface area contributed by atoms with Crippen molar-refractivity contribution in [3.63, 3.8) is 0 Å². The second-order valence-corrected chi connectivity index (χ2v) is 5.16. The number of aromatic nitrogens is 2. The zero-order valence-electron chi connectivity index (χ0n) is 7.59. The standard InChI is InChI=1S/C9H11N3S2/c10-8-6-11-12(7-8)3-5-14-9-2-1-4-13-9/h1-2,4,6-7H,3,5,10H2. The van der Waals surface area contributed by atoms with Gasteiger partial charge in [0.05, 0.1) is 22.6 Å². The normalized spacial score (nSPS) is 10.6. The number of hydrogen-bond acceptors (Lipinski definition) is 4. The molecule has 0 saturated heterocycles. The van der Waals surface area contributed by atoms with Crippen LogP contribution in [0.3, 0.4) is 0 Å². The molecule has 0 atom stereocenters. The molecule has 2 N–H and O–H groups in total. The summed E-state index contributed by atoms with van der Waals surface area (Å²) in [5.74, 6) is 1.03. The Bertz CT molecular complexity index is 380. The Balaban J connectivity index is 1.78. The lowest BCUT2D eigenvalue weighted by Crippen LogP contribution is -2.00. The van der Waals surface area contributed by atoms with Crippen molar-refractivity contribution in [2.75, 3.05) is 11.5 Å². The first-order chi connectivity index (χ1) is 6.84. The quantitative estimate of drug-likeness (QED) is 0.812. The SMILES string of the molecule is Nc1cnn(CCSc2cccs2)c1. The van der Waals surface area contributed by atoms with E-state index in [-0.39, 0.29) is 0 Å². The maximum Gasteiger partial charge on any atom is 0.0719 e. The van der Waals surface area contributed by atoms with E-state index in [0.29, 0.717) is 0 Å². The number of rotatable bonds is 4. The van der Waals surface area contributed by atoms with Crippen molar-refractivity contribution in [1.29, 1.82) is 0 Å². The van der Waals surface area contributed by atoms with Crippen LogP contribution < -0.4 is 5.73 Å². The number of nitrogens with zero attached hydrogens (tertiary/aromatic N) is 2. The first-order valence-corrected chi connectivity index (χ1v) is 6.15. The van der Waals surface area contributed by atoms with Crippen LogP contribution in [0.2, 0.25) is 0 Å². The Morgan fingerprint density at radius 1 is 1.57 bits per heavy atom. The summed E-state index contributed by atoms with van der Waals surface area (Å²) in [7, 11) is 0. The van der Waals surface area contributed by atoms with Gasteiger partial charge in [0.15, 0.2) is 0 Å². The van der Waals surface area contributed by atoms with Crippen molar-refractivity contribution in [2.45, 2.75) is 10.8 Å². The van der Waals surface area contributed by atoms with Gasteiger partial charge in [0.1, 0.15) is 0 Å². The van der Waals surface area contributed by atoms with Crippen LogP contribution >= 0.6 is 23.1 Å². The predicted octanol–water partition coefficient (Wildman–Crippen LogP) is 2.32. The molecule has 0 aliphatic rings. The lowest BCUT2D eigenvalue weighted by Gasteiger charge is -1.99. The summed E-state index contributed by atoms with van der Waals surface area (Å²) in [6.45, 7) is 0.903. The number of thiophene rings is 1. The van der Waals surface area contributed by atoms with Crippen LogP contribution in [0.4, 0.5) is 5.69 Å². The smallest absolute Gasteiger partial charge is 0.0719 e. The van der Waals surface area contributed by atoms with Crippen LogP contribution in [0, 0.1) is 0 Å². The molecule has 0 fully saturated rings. The van der Waals surface area contributed by atoms with Crippen molar-refractivity contribution >= 4 is 28.8 Å². The van der Waals surface area contributed by atoms with E-state index in [1.165, 1.54) is 4.21 Å². The summed E-state index contributed by atoms with van der Waals surface area (Å²) in [5.41, 5.74) is 6.28. The van der Waals surface area contributed by atoms with E-state index in [0.717, 1.165) is 18.0 Å². The van der Waals surface area contributed by atoms with E-state index in [9.17, 15) is 0 Å². The van der Waals surface area contributed by atoms with Crippen LogP contribution in [0.15, 0.2) is 34.1 Å². The van der Waals surface area contributed by atoms with Gasteiger partial charge in [-0.1, -0.05) is 6.07 Å². The largest absolute Gasteiger partial charge is 0.396 e. The van der Waals surface area contributed by atoms with Crippen molar-refractivity contribution < 1.29 is 0 Å². The van der Waals surface area contributed by atoms with E-state index in [1.54, 1.807) is 17.5 Å². The Labute approximate surface area is 90.9 Å². The molecule has 0 saturated carbocycles. The molecule has 0 spiro atoms. The van der Waals surface area contributed by atoms with Gasteiger partial charge in [0.25, 0.3) is 0 Å². The second-order valence-electron chi connectivity index (χ2n) is 2.82. The molecule has 0 unspecified atom stereocenters. The summed E-state index contributed by atoms with van der Waals surface area (Å²) < 4.78 is 3.22. The molecule has 5 heteroatoms. The van der Waals surface area contributed by atoms with Gasteiger partial charge < -0.3 is 5.73 Å². The molecule has 0 amide bonds. The molecule has 2 heterocycles. The van der Waals surface area contributed by atoms with Crippen molar-refractivity contribution in [2.24, 2.45) is 0 Å². The minimum Gasteiger partial charge on any atom is -0.396 e. The van der Waals surface area contributed by atoms with Gasteiger partial charge in [-0.25, -0.2) is 0 Å². The number of nitrogen functional groups attached to an aromatic ring is 1. The minimum atomic E-state index is 0.728. The van der Waals surface area contributed by atoms with E-state index in [1.807, 2.05) is 22.6 Å². The highest BCUT2D eigenvalue weighted by Crippen LogP contribution is 2.23. The Hall–Kier alpha value is -0.940. The highest BCUT2D eigenvalue weighted by molar-refractivity contribution is 8.01. The van der Waals surface area contributed by atoms with Crippen LogP contribution in [0.5, 0.6) is 0 Å². The number of nitrogens with two attached hydrogens (primary N) is 1. The molecule has 2 rings (SSSR count). The van der Waals surface area contributed by atoms with Gasteiger partial charge in [0, 0.05) is 11.9 Å². The topological polar surface area (TPSA) is 43.8 Å². The minimum absolute atomic E-state index is 0.728. The summed E-state index contributed by atoms with van der Waals surface area (Å²) in [5, 5.41) is 6.21. The highest BCUT2D eigenvalue weighted by atomic mass is 32.2. The fourth-order valence-corrected chi connectivity index (χ4v) is 2.88. The number of hydrogen-bond donors (Lipinski definition) is 1. The monoisotopic (exact) mass is 225 g/mol. The van der Waals surface area contributed by atoms with E-state index in [2.05, 4.69) is 22.6 Å². The fraction of sp³-hybridized carbons (Fsp3) is 0.222. The maximum atomic E-state index is 5.56. The predicted molar refractivity (Wildman–Crippen MR) is 61.7 cm³/mol. The summed E-state index contributed by atoms with van der Waals surface area (Å²) in [6.07, 6.45) is 3.53. The third kappa shape index (κ3) is 2.52. The Morgan fingerprint density at radius 3 is 3.14 bits per heavy atom. The molecule has 0 radical (unpaired) electrons. The summed E-state index contributed by atoms with van der Waals surface area (Å²) in [6, 6.07) is 4.20. The third-order valence-corrected chi connectivity index (χ3v) is 3.82. The van der Waals surface area contributed by atoms with Gasteiger partial charge >= 0.3 is 0 Å². The van der Waals surface area contributed by atoms with Crippen molar-refractivity contribution in [3.05, 3.63) is 29.9 Å². The van der Waals surface area contributed by atoms with E-state index < -0.39 is 0 Å². The summed E-state index contributed by atoms with van der Waals surface area (Å²) in [4.78, 5) is 0. The second kappa shape index (κ2) is 4.52. The van der Waals surface area contributed by atoms with Gasteiger partial charge in [0.2, 0.25) is 0 Å². The average Bonchev–Trinajstić information content (AvgIpc) is 2.77. The maximum absolute atomic E-state index is 5.56. The zero-order valence-corrected chi connectivity index (χ0v) is 9.22. The molecule has 3 nitrogen and oxygen atoms in total. The molecular weight excluding hydrogens is 214 g/mol. The first kappa shape index (κ1) is 9.61. The van der Waals surface area contributed by atoms with Crippen LogP contribution in [-0.4, -0.2) is 15.5 Å². The number of thioether (sulfide) groups is 1. The fourth-order valence-electron chi connectivity index (χ4n) is 1.09. The Morgan fingerprint density at radius 2 is 2.50 bits per heavy atom. The van der Waals surface area contributed by atoms with Gasteiger partial charge in [-0.2, -0.15) is 5.10 Å². The van der Waals surface area contributed by atoms with Crippen molar-refractivity contribution in [1.82, 2.24) is 9.78 Å². The molecule has 0 aliphatic carbocycles. The lowest BCUT2D eigenvalue weighted by atomic mass is 10.6. The van der Waals surface area contributed by atoms with Gasteiger partial charge in [-0.15, -0.1) is 23.1 Å². The third-order valence-electron chi connectivity index (χ3n) is 1.71. The highest BCUT2D eigenvalue weighted by Gasteiger charge is 1.96. The van der Waals surface area contributed by atoms with Crippen LogP contribution in [0.1, 0.15) is 0 Å². The number of aryl methyl sites for hydroxylation is 1. The van der Waals surface area contributed by atoms with Crippen LogP contribution in [-0.2, 0) is 6.54 Å². The molecule has 0 aliphatic heterocycles. The van der Waals surface area contributed by atoms with Gasteiger partial charge in [-0.3, -0.25) is 4.68 Å².